The fourth-order valence-electron chi connectivity index (χ4n) is 2.32. The fourth-order valence-corrected chi connectivity index (χ4v) is 2.32. The Hall–Kier alpha value is -2.55. The van der Waals surface area contributed by atoms with Gasteiger partial charge in [0, 0.05) is 30.3 Å². The molecule has 0 spiro atoms. The first kappa shape index (κ1) is 12.5. The molecule has 0 radical (unpaired) electrons. The zero-order valence-corrected chi connectivity index (χ0v) is 11.2. The first-order valence-corrected chi connectivity index (χ1v) is 6.49. The summed E-state index contributed by atoms with van der Waals surface area (Å²) in [5.41, 5.74) is 2.84. The lowest BCUT2D eigenvalue weighted by Crippen LogP contribution is -1.95. The van der Waals surface area contributed by atoms with Crippen LogP contribution in [0.4, 0.5) is 0 Å². The van der Waals surface area contributed by atoms with Crippen LogP contribution in [0.2, 0.25) is 0 Å². The molecule has 0 aliphatic carbocycles. The van der Waals surface area contributed by atoms with Gasteiger partial charge in [0.25, 0.3) is 0 Å². The molecule has 3 aromatic rings. The Kier molecular flexibility index (Phi) is 3.25. The zero-order chi connectivity index (χ0) is 13.9. The number of ether oxygens (including phenoxy) is 1. The average Bonchev–Trinajstić information content (AvgIpc) is 2.82. The van der Waals surface area contributed by atoms with Crippen molar-refractivity contribution in [3.05, 3.63) is 65.9 Å². The van der Waals surface area contributed by atoms with E-state index in [-0.39, 0.29) is 0 Å². The van der Waals surface area contributed by atoms with Crippen molar-refractivity contribution in [2.45, 2.75) is 6.61 Å². The Morgan fingerprint density at radius 2 is 1.95 bits per heavy atom. The lowest BCUT2D eigenvalue weighted by Gasteiger charge is -2.07. The van der Waals surface area contributed by atoms with Crippen molar-refractivity contribution in [2.24, 2.45) is 7.05 Å². The topological polar surface area (TPSA) is 31.2 Å². The number of nitrogens with zero attached hydrogens (tertiary/aromatic N) is 1. The fraction of sp³-hybridized carbons (Fsp3) is 0.118. The van der Waals surface area contributed by atoms with Crippen molar-refractivity contribution >= 4 is 17.2 Å². The molecular formula is C17H15NO2. The molecular weight excluding hydrogens is 250 g/mol. The summed E-state index contributed by atoms with van der Waals surface area (Å²) in [7, 11) is 1.93. The SMILES string of the molecule is Cn1cc(C=O)c2ccc(OCc3ccccc3)cc21. The maximum atomic E-state index is 11.0. The van der Waals surface area contributed by atoms with Gasteiger partial charge in [-0.3, -0.25) is 4.79 Å². The van der Waals surface area contributed by atoms with Crippen molar-refractivity contribution < 1.29 is 9.53 Å². The predicted molar refractivity (Wildman–Crippen MR) is 79.1 cm³/mol. The number of aryl methyl sites for hydroxylation is 1. The highest BCUT2D eigenvalue weighted by molar-refractivity contribution is 5.98. The van der Waals surface area contributed by atoms with Crippen molar-refractivity contribution in [3.63, 3.8) is 0 Å². The molecule has 0 aliphatic heterocycles. The molecule has 0 bridgehead atoms. The highest BCUT2D eigenvalue weighted by atomic mass is 16.5. The van der Waals surface area contributed by atoms with Crippen LogP contribution in [0.15, 0.2) is 54.7 Å². The number of carbonyl (C=O) groups excluding carboxylic acids is 1. The number of hydrogen-bond acceptors (Lipinski definition) is 2. The van der Waals surface area contributed by atoms with Crippen LogP contribution in [0.5, 0.6) is 5.75 Å². The highest BCUT2D eigenvalue weighted by Gasteiger charge is 2.07. The maximum absolute atomic E-state index is 11.0. The summed E-state index contributed by atoms with van der Waals surface area (Å²) in [5.74, 6) is 0.806. The van der Waals surface area contributed by atoms with Crippen LogP contribution < -0.4 is 4.74 Å². The molecule has 0 amide bonds. The van der Waals surface area contributed by atoms with E-state index in [4.69, 9.17) is 4.74 Å². The molecule has 0 unspecified atom stereocenters. The van der Waals surface area contributed by atoms with Gasteiger partial charge >= 0.3 is 0 Å². The van der Waals surface area contributed by atoms with Crippen molar-refractivity contribution in [2.75, 3.05) is 0 Å². The Morgan fingerprint density at radius 1 is 1.15 bits per heavy atom. The molecule has 1 heterocycles. The first-order valence-electron chi connectivity index (χ1n) is 6.49. The third kappa shape index (κ3) is 2.30. The van der Waals surface area contributed by atoms with Gasteiger partial charge in [0.2, 0.25) is 0 Å². The molecule has 20 heavy (non-hydrogen) atoms. The normalized spacial score (nSPS) is 10.7. The van der Waals surface area contributed by atoms with Gasteiger partial charge in [-0.1, -0.05) is 30.3 Å². The lowest BCUT2D eigenvalue weighted by atomic mass is 10.2. The Bertz CT molecular complexity index is 744. The Labute approximate surface area is 117 Å². The molecule has 3 nitrogen and oxygen atoms in total. The molecule has 0 N–H and O–H groups in total. The van der Waals surface area contributed by atoms with Gasteiger partial charge < -0.3 is 9.30 Å². The van der Waals surface area contributed by atoms with Crippen molar-refractivity contribution in [1.29, 1.82) is 0 Å². The summed E-state index contributed by atoms with van der Waals surface area (Å²) in [6.45, 7) is 0.539. The van der Waals surface area contributed by atoms with E-state index in [1.807, 2.05) is 66.3 Å². The van der Waals surface area contributed by atoms with Crippen LogP contribution >= 0.6 is 0 Å². The highest BCUT2D eigenvalue weighted by Crippen LogP contribution is 2.24. The summed E-state index contributed by atoms with van der Waals surface area (Å²) in [5, 5.41) is 0.953. The van der Waals surface area contributed by atoms with Crippen LogP contribution in [-0.2, 0) is 13.7 Å². The molecule has 0 fully saturated rings. The minimum absolute atomic E-state index is 0.539. The lowest BCUT2D eigenvalue weighted by molar-refractivity contribution is 0.112. The minimum Gasteiger partial charge on any atom is -0.489 e. The molecule has 100 valence electrons. The van der Waals surface area contributed by atoms with E-state index in [1.54, 1.807) is 0 Å². The molecule has 0 atom stereocenters. The number of aromatic nitrogens is 1. The molecule has 2 aromatic carbocycles. The van der Waals surface area contributed by atoms with Crippen LogP contribution in [0.3, 0.4) is 0 Å². The maximum Gasteiger partial charge on any atom is 0.152 e. The van der Waals surface area contributed by atoms with Gasteiger partial charge in [-0.25, -0.2) is 0 Å². The van der Waals surface area contributed by atoms with Crippen molar-refractivity contribution in [1.82, 2.24) is 4.57 Å². The van der Waals surface area contributed by atoms with E-state index in [1.165, 1.54) is 0 Å². The van der Waals surface area contributed by atoms with Gasteiger partial charge in [-0.15, -0.1) is 0 Å². The van der Waals surface area contributed by atoms with Gasteiger partial charge in [0.1, 0.15) is 12.4 Å². The summed E-state index contributed by atoms with van der Waals surface area (Å²) in [6.07, 6.45) is 2.71. The Morgan fingerprint density at radius 3 is 2.70 bits per heavy atom. The second-order valence-electron chi connectivity index (χ2n) is 4.77. The van der Waals surface area contributed by atoms with Crippen LogP contribution in [-0.4, -0.2) is 10.9 Å². The quantitative estimate of drug-likeness (QED) is 0.675. The third-order valence-corrected chi connectivity index (χ3v) is 3.37. The van der Waals surface area contributed by atoms with Gasteiger partial charge in [-0.05, 0) is 17.7 Å². The van der Waals surface area contributed by atoms with E-state index in [9.17, 15) is 4.79 Å². The van der Waals surface area contributed by atoms with Crippen LogP contribution in [0.25, 0.3) is 10.9 Å². The number of benzene rings is 2. The van der Waals surface area contributed by atoms with Crippen molar-refractivity contribution in [3.8, 4) is 5.75 Å². The second kappa shape index (κ2) is 5.21. The smallest absolute Gasteiger partial charge is 0.152 e. The monoisotopic (exact) mass is 265 g/mol. The van der Waals surface area contributed by atoms with Gasteiger partial charge in [0.05, 0.1) is 5.52 Å². The van der Waals surface area contributed by atoms with Crippen LogP contribution in [0.1, 0.15) is 15.9 Å². The summed E-state index contributed by atoms with van der Waals surface area (Å²) in [4.78, 5) is 11.0. The van der Waals surface area contributed by atoms with E-state index in [0.29, 0.717) is 12.2 Å². The first-order chi connectivity index (χ1) is 9.78. The summed E-state index contributed by atoms with van der Waals surface area (Å²) < 4.78 is 7.74. The van der Waals surface area contributed by atoms with E-state index in [2.05, 4.69) is 0 Å². The third-order valence-electron chi connectivity index (χ3n) is 3.37. The number of fused-ring (bicyclic) bond motifs is 1. The number of hydrogen-bond donors (Lipinski definition) is 0. The van der Waals surface area contributed by atoms with Gasteiger partial charge in [-0.2, -0.15) is 0 Å². The van der Waals surface area contributed by atoms with Gasteiger partial charge in [0.15, 0.2) is 6.29 Å². The minimum atomic E-state index is 0.539. The van der Waals surface area contributed by atoms with E-state index >= 15 is 0 Å². The molecule has 1 aromatic heterocycles. The number of rotatable bonds is 4. The van der Waals surface area contributed by atoms with E-state index < -0.39 is 0 Å². The predicted octanol–water partition coefficient (Wildman–Crippen LogP) is 3.57. The molecule has 0 saturated carbocycles. The second-order valence-corrected chi connectivity index (χ2v) is 4.77. The summed E-state index contributed by atoms with van der Waals surface area (Å²) in [6, 6.07) is 15.8. The molecule has 0 saturated heterocycles. The number of aldehydes is 1. The standard InChI is InChI=1S/C17H15NO2/c1-18-10-14(11-19)16-8-7-15(9-17(16)18)20-12-13-5-3-2-4-6-13/h2-11H,12H2,1H3. The molecule has 0 aliphatic rings. The Balaban J connectivity index is 1.86. The number of carbonyl (C=O) groups is 1. The largest absolute Gasteiger partial charge is 0.489 e. The zero-order valence-electron chi connectivity index (χ0n) is 11.2. The summed E-state index contributed by atoms with van der Waals surface area (Å²) >= 11 is 0. The average molecular weight is 265 g/mol. The molecule has 3 rings (SSSR count). The van der Waals surface area contributed by atoms with Crippen LogP contribution in [0, 0.1) is 0 Å². The van der Waals surface area contributed by atoms with E-state index in [0.717, 1.165) is 28.5 Å². The molecule has 3 heteroatoms.